The number of rotatable bonds is 5. The predicted molar refractivity (Wildman–Crippen MR) is 73.8 cm³/mol. The number of pyridine rings is 1. The molecule has 1 aromatic heterocycles. The van der Waals surface area contributed by atoms with Gasteiger partial charge in [-0.25, -0.2) is 8.42 Å². The van der Waals surface area contributed by atoms with Gasteiger partial charge in [0.05, 0.1) is 16.4 Å². The van der Waals surface area contributed by atoms with Crippen molar-refractivity contribution in [1.29, 1.82) is 0 Å². The minimum atomic E-state index is -3.52. The van der Waals surface area contributed by atoms with Crippen LogP contribution in [0.15, 0.2) is 24.5 Å². The quantitative estimate of drug-likeness (QED) is 0.640. The Morgan fingerprint density at radius 2 is 1.85 bits per heavy atom. The van der Waals surface area contributed by atoms with E-state index in [0.717, 1.165) is 0 Å². The fraction of sp³-hybridized carbons (Fsp3) is 0.538. The van der Waals surface area contributed by atoms with Crippen molar-refractivity contribution < 1.29 is 23.0 Å². The Bertz CT molecular complexity index is 572. The number of nitrogens with zero attached hydrogens (tertiary/aromatic N) is 1. The van der Waals surface area contributed by atoms with E-state index in [1.54, 1.807) is 20.8 Å². The molecule has 1 rings (SSSR count). The van der Waals surface area contributed by atoms with Crippen LogP contribution in [0.5, 0.6) is 0 Å². The van der Waals surface area contributed by atoms with Crippen LogP contribution < -0.4 is 4.73 Å². The molecule has 0 radical (unpaired) electrons. The Labute approximate surface area is 118 Å². The Balaban J connectivity index is 2.92. The molecular weight excluding hydrogens is 282 g/mol. The van der Waals surface area contributed by atoms with Gasteiger partial charge in [-0.2, -0.15) is 4.73 Å². The number of hydrogen-bond donors (Lipinski definition) is 1. The largest absolute Gasteiger partial charge is 0.619 e. The van der Waals surface area contributed by atoms with Crippen LogP contribution in [0.2, 0.25) is 0 Å². The van der Waals surface area contributed by atoms with Gasteiger partial charge in [-0.3, -0.25) is 4.79 Å². The second-order valence-corrected chi connectivity index (χ2v) is 8.49. The third-order valence-corrected chi connectivity index (χ3v) is 5.76. The second-order valence-electron chi connectivity index (χ2n) is 5.70. The Hall–Kier alpha value is -1.63. The third kappa shape index (κ3) is 4.19. The topological polar surface area (TPSA) is 98.4 Å². The van der Waals surface area contributed by atoms with E-state index < -0.39 is 32.2 Å². The first-order valence-corrected chi connectivity index (χ1v) is 7.81. The van der Waals surface area contributed by atoms with E-state index in [1.165, 1.54) is 24.5 Å². The van der Waals surface area contributed by atoms with Gasteiger partial charge in [-0.05, 0) is 32.8 Å². The molecule has 1 atom stereocenters. The molecule has 0 spiro atoms. The van der Waals surface area contributed by atoms with Crippen molar-refractivity contribution in [2.75, 3.05) is 5.75 Å². The van der Waals surface area contributed by atoms with Gasteiger partial charge in [0.25, 0.3) is 0 Å². The van der Waals surface area contributed by atoms with Gasteiger partial charge in [0.2, 0.25) is 0 Å². The number of carboxylic acid groups (broad SMARTS) is 1. The Morgan fingerprint density at radius 1 is 1.35 bits per heavy atom. The summed E-state index contributed by atoms with van der Waals surface area (Å²) >= 11 is 0. The van der Waals surface area contributed by atoms with Crippen molar-refractivity contribution in [3.63, 3.8) is 0 Å². The highest BCUT2D eigenvalue weighted by atomic mass is 32.2. The molecule has 0 bridgehead atoms. The molecule has 0 aromatic carbocycles. The van der Waals surface area contributed by atoms with Gasteiger partial charge in [0.1, 0.15) is 0 Å². The third-order valence-electron chi connectivity index (χ3n) is 3.06. The lowest BCUT2D eigenvalue weighted by atomic mass is 10.0. The van der Waals surface area contributed by atoms with Crippen LogP contribution >= 0.6 is 0 Å². The first-order chi connectivity index (χ1) is 9.03. The van der Waals surface area contributed by atoms with Gasteiger partial charge < -0.3 is 10.3 Å². The van der Waals surface area contributed by atoms with E-state index in [1.807, 2.05) is 0 Å². The predicted octanol–water partition coefficient (Wildman–Crippen LogP) is 0.777. The van der Waals surface area contributed by atoms with Gasteiger partial charge in [-0.1, -0.05) is 0 Å². The van der Waals surface area contributed by atoms with E-state index >= 15 is 0 Å². The lowest BCUT2D eigenvalue weighted by Crippen LogP contribution is -2.36. The minimum absolute atomic E-state index is 0.0749. The molecule has 6 nitrogen and oxygen atoms in total. The zero-order valence-electron chi connectivity index (χ0n) is 11.7. The van der Waals surface area contributed by atoms with Crippen molar-refractivity contribution in [2.45, 2.75) is 31.9 Å². The van der Waals surface area contributed by atoms with E-state index in [4.69, 9.17) is 0 Å². The molecule has 0 saturated carbocycles. The summed E-state index contributed by atoms with van der Waals surface area (Å²) in [5, 5.41) is 20.1. The van der Waals surface area contributed by atoms with E-state index in [-0.39, 0.29) is 6.42 Å². The molecule has 20 heavy (non-hydrogen) atoms. The summed E-state index contributed by atoms with van der Waals surface area (Å²) in [5.74, 6) is -2.60. The van der Waals surface area contributed by atoms with Crippen LogP contribution in [-0.2, 0) is 21.1 Å². The summed E-state index contributed by atoms with van der Waals surface area (Å²) in [5.41, 5.74) is 0.619. The molecule has 1 unspecified atom stereocenters. The number of hydrogen-bond acceptors (Lipinski definition) is 4. The monoisotopic (exact) mass is 301 g/mol. The van der Waals surface area contributed by atoms with Crippen LogP contribution in [0.25, 0.3) is 0 Å². The number of aliphatic carboxylic acids is 1. The lowest BCUT2D eigenvalue weighted by molar-refractivity contribution is -0.605. The molecule has 112 valence electrons. The summed E-state index contributed by atoms with van der Waals surface area (Å²) in [7, 11) is -3.52. The molecule has 1 heterocycles. The summed E-state index contributed by atoms with van der Waals surface area (Å²) in [6.07, 6.45) is 2.59. The van der Waals surface area contributed by atoms with Crippen molar-refractivity contribution in [3.05, 3.63) is 35.3 Å². The van der Waals surface area contributed by atoms with Gasteiger partial charge in [0, 0.05) is 12.1 Å². The standard InChI is InChI=1S/C13H19NO5S/c1-13(2,3)20(18,19)9-11(12(15)16)8-10-4-6-14(17)7-5-10/h4-7,11H,8-9H2,1-3H3,(H,15,16). The van der Waals surface area contributed by atoms with Crippen LogP contribution in [-0.4, -0.2) is 30.0 Å². The van der Waals surface area contributed by atoms with Gasteiger partial charge in [-0.15, -0.1) is 0 Å². The molecule has 0 saturated heterocycles. The summed E-state index contributed by atoms with van der Waals surface area (Å²) < 4.78 is 23.8. The number of aromatic nitrogens is 1. The minimum Gasteiger partial charge on any atom is -0.619 e. The molecular formula is C13H19NO5S. The maximum atomic E-state index is 12.1. The average Bonchev–Trinajstić information content (AvgIpc) is 2.29. The summed E-state index contributed by atoms with van der Waals surface area (Å²) in [6, 6.07) is 2.99. The van der Waals surface area contributed by atoms with Crippen molar-refractivity contribution >= 4 is 15.8 Å². The summed E-state index contributed by atoms with van der Waals surface area (Å²) in [4.78, 5) is 11.2. The molecule has 0 aliphatic rings. The maximum Gasteiger partial charge on any atom is 0.307 e. The highest BCUT2D eigenvalue weighted by molar-refractivity contribution is 7.92. The average molecular weight is 301 g/mol. The van der Waals surface area contributed by atoms with E-state index in [2.05, 4.69) is 0 Å². The fourth-order valence-corrected chi connectivity index (χ4v) is 2.89. The zero-order chi connectivity index (χ0) is 15.6. The molecule has 0 aliphatic carbocycles. The normalized spacial score (nSPS) is 13.9. The number of carbonyl (C=O) groups is 1. The van der Waals surface area contributed by atoms with Crippen LogP contribution in [0.3, 0.4) is 0 Å². The molecule has 0 fully saturated rings. The molecule has 7 heteroatoms. The SMILES string of the molecule is CC(C)(C)S(=O)(=O)CC(Cc1cc[n+]([O-])cc1)C(=O)O. The van der Waals surface area contributed by atoms with Gasteiger partial charge >= 0.3 is 5.97 Å². The van der Waals surface area contributed by atoms with Crippen LogP contribution in [0.4, 0.5) is 0 Å². The Morgan fingerprint density at radius 3 is 2.25 bits per heavy atom. The summed E-state index contributed by atoms with van der Waals surface area (Å²) in [6.45, 7) is 4.64. The fourth-order valence-electron chi connectivity index (χ4n) is 1.60. The second kappa shape index (κ2) is 5.78. The highest BCUT2D eigenvalue weighted by Gasteiger charge is 2.34. The molecule has 0 aliphatic heterocycles. The first kappa shape index (κ1) is 16.4. The van der Waals surface area contributed by atoms with Gasteiger partial charge in [0.15, 0.2) is 22.2 Å². The van der Waals surface area contributed by atoms with Crippen LogP contribution in [0, 0.1) is 11.1 Å². The van der Waals surface area contributed by atoms with Crippen molar-refractivity contribution in [2.24, 2.45) is 5.92 Å². The molecule has 0 amide bonds. The smallest absolute Gasteiger partial charge is 0.307 e. The Kier molecular flexibility index (Phi) is 4.75. The van der Waals surface area contributed by atoms with Crippen LogP contribution in [0.1, 0.15) is 26.3 Å². The molecule has 1 aromatic rings. The first-order valence-electron chi connectivity index (χ1n) is 6.16. The van der Waals surface area contributed by atoms with Crippen molar-refractivity contribution in [3.8, 4) is 0 Å². The maximum absolute atomic E-state index is 12.1. The van der Waals surface area contributed by atoms with Crippen molar-refractivity contribution in [1.82, 2.24) is 0 Å². The lowest BCUT2D eigenvalue weighted by Gasteiger charge is -2.22. The zero-order valence-corrected chi connectivity index (χ0v) is 12.6. The van der Waals surface area contributed by atoms with E-state index in [0.29, 0.717) is 10.3 Å². The molecule has 1 N–H and O–H groups in total. The highest BCUT2D eigenvalue weighted by Crippen LogP contribution is 2.21. The van der Waals surface area contributed by atoms with E-state index in [9.17, 15) is 23.5 Å². The number of carboxylic acids is 1. The number of sulfone groups is 1.